The number of carbonyl (C=O) groups excluding carboxylic acids is 2. The predicted molar refractivity (Wildman–Crippen MR) is 121 cm³/mol. The lowest BCUT2D eigenvalue weighted by Crippen LogP contribution is -2.26. The average molecular weight is 508 g/mol. The summed E-state index contributed by atoms with van der Waals surface area (Å²) in [6.45, 7) is -0.371. The predicted octanol–water partition coefficient (Wildman–Crippen LogP) is 5.94. The fraction of sp³-hybridized carbons (Fsp3) is 0.0870. The molecule has 0 fully saturated rings. The molecule has 2 N–H and O–H groups in total. The fourth-order valence-corrected chi connectivity index (χ4v) is 4.06. The Balaban J connectivity index is 1.91. The van der Waals surface area contributed by atoms with Gasteiger partial charge in [-0.3, -0.25) is 14.6 Å². The highest BCUT2D eigenvalue weighted by atomic mass is 35.5. The molecule has 0 bridgehead atoms. The highest BCUT2D eigenvalue weighted by Gasteiger charge is 2.42. The van der Waals surface area contributed by atoms with Crippen molar-refractivity contribution < 1.29 is 27.9 Å². The third-order valence-corrected chi connectivity index (χ3v) is 5.60. The maximum Gasteiger partial charge on any atom is 0.432 e. The molecule has 11 heteroatoms. The van der Waals surface area contributed by atoms with E-state index in [0.29, 0.717) is 10.6 Å². The van der Waals surface area contributed by atoms with Crippen LogP contribution in [0.15, 0.2) is 60.9 Å². The molecule has 4 aromatic rings. The van der Waals surface area contributed by atoms with E-state index < -0.39 is 29.1 Å². The van der Waals surface area contributed by atoms with Crippen LogP contribution in [0.5, 0.6) is 5.75 Å². The van der Waals surface area contributed by atoms with Crippen molar-refractivity contribution in [2.45, 2.75) is 12.7 Å². The molecule has 0 radical (unpaired) electrons. The summed E-state index contributed by atoms with van der Waals surface area (Å²) in [4.78, 5) is 29.5. The van der Waals surface area contributed by atoms with Gasteiger partial charge in [0.15, 0.2) is 0 Å². The van der Waals surface area contributed by atoms with E-state index in [1.807, 2.05) is 0 Å². The summed E-state index contributed by atoms with van der Waals surface area (Å²) in [6.07, 6.45) is -2.35. The number of ketones is 1. The van der Waals surface area contributed by atoms with Gasteiger partial charge in [-0.15, -0.1) is 0 Å². The van der Waals surface area contributed by atoms with Gasteiger partial charge in [0.2, 0.25) is 0 Å². The molecule has 174 valence electrons. The smallest absolute Gasteiger partial charge is 0.432 e. The number of rotatable bonds is 5. The quantitative estimate of drug-likeness (QED) is 0.258. The van der Waals surface area contributed by atoms with Gasteiger partial charge >= 0.3 is 6.18 Å². The summed E-state index contributed by atoms with van der Waals surface area (Å²) < 4.78 is 43.8. The van der Waals surface area contributed by atoms with Crippen molar-refractivity contribution in [2.24, 2.45) is 0 Å². The van der Waals surface area contributed by atoms with E-state index in [9.17, 15) is 27.9 Å². The number of benzene rings is 2. The van der Waals surface area contributed by atoms with E-state index in [2.05, 4.69) is 10.3 Å². The van der Waals surface area contributed by atoms with Crippen LogP contribution < -0.4 is 5.32 Å². The normalized spacial score (nSPS) is 11.6. The number of aromatic nitrogens is 2. The number of carbonyl (C=O) groups is 2. The first-order valence-electron chi connectivity index (χ1n) is 9.68. The lowest BCUT2D eigenvalue weighted by atomic mass is 10.0. The number of phenolic OH excluding ortho intramolecular Hbond substituents is 1. The SMILES string of the molecule is O=C(Nc1cccnc1)C(=O)c1c(C(F)(F)F)n(Cc2ccc(Cl)cc2Cl)c2ccc(O)cc12. The third kappa shape index (κ3) is 4.57. The number of halogens is 5. The van der Waals surface area contributed by atoms with E-state index in [-0.39, 0.29) is 33.9 Å². The van der Waals surface area contributed by atoms with Gasteiger partial charge < -0.3 is 15.0 Å². The van der Waals surface area contributed by atoms with Gasteiger partial charge in [0, 0.05) is 33.7 Å². The van der Waals surface area contributed by atoms with Gasteiger partial charge in [0.1, 0.15) is 11.4 Å². The Kier molecular flexibility index (Phi) is 6.24. The van der Waals surface area contributed by atoms with Crippen molar-refractivity contribution in [1.82, 2.24) is 9.55 Å². The van der Waals surface area contributed by atoms with Crippen molar-refractivity contribution in [3.8, 4) is 5.75 Å². The van der Waals surface area contributed by atoms with Gasteiger partial charge in [0.05, 0.1) is 17.4 Å². The summed E-state index contributed by atoms with van der Waals surface area (Å²) >= 11 is 12.1. The number of hydrogen-bond donors (Lipinski definition) is 2. The van der Waals surface area contributed by atoms with Crippen LogP contribution in [0, 0.1) is 0 Å². The molecule has 2 aromatic heterocycles. The summed E-state index contributed by atoms with van der Waals surface area (Å²) in [5.41, 5.74) is -1.81. The number of nitrogens with one attached hydrogen (secondary N) is 1. The highest BCUT2D eigenvalue weighted by molar-refractivity contribution is 6.48. The first-order valence-corrected chi connectivity index (χ1v) is 10.4. The lowest BCUT2D eigenvalue weighted by molar-refractivity contribution is -0.143. The summed E-state index contributed by atoms with van der Waals surface area (Å²) in [6, 6.07) is 10.7. The second-order valence-corrected chi connectivity index (χ2v) is 8.11. The minimum Gasteiger partial charge on any atom is -0.508 e. The van der Waals surface area contributed by atoms with Gasteiger partial charge in [-0.2, -0.15) is 13.2 Å². The largest absolute Gasteiger partial charge is 0.508 e. The van der Waals surface area contributed by atoms with Crippen LogP contribution in [-0.4, -0.2) is 26.3 Å². The Morgan fingerprint density at radius 2 is 1.85 bits per heavy atom. The Morgan fingerprint density at radius 1 is 1.09 bits per heavy atom. The molecule has 0 aliphatic carbocycles. The Labute approximate surface area is 200 Å². The van der Waals surface area contributed by atoms with Crippen LogP contribution in [0.3, 0.4) is 0 Å². The van der Waals surface area contributed by atoms with Crippen LogP contribution in [0.4, 0.5) is 18.9 Å². The number of nitrogens with zero attached hydrogens (tertiary/aromatic N) is 2. The van der Waals surface area contributed by atoms with Gasteiger partial charge in [-0.25, -0.2) is 0 Å². The van der Waals surface area contributed by atoms with Crippen LogP contribution in [0.1, 0.15) is 21.6 Å². The highest BCUT2D eigenvalue weighted by Crippen LogP contribution is 2.40. The van der Waals surface area contributed by atoms with E-state index in [4.69, 9.17) is 23.2 Å². The molecule has 0 unspecified atom stereocenters. The monoisotopic (exact) mass is 507 g/mol. The maximum atomic E-state index is 14.3. The summed E-state index contributed by atoms with van der Waals surface area (Å²) in [5, 5.41) is 12.4. The third-order valence-electron chi connectivity index (χ3n) is 5.01. The van der Waals surface area contributed by atoms with E-state index in [1.165, 1.54) is 54.9 Å². The van der Waals surface area contributed by atoms with Crippen molar-refractivity contribution in [2.75, 3.05) is 5.32 Å². The molecule has 2 aromatic carbocycles. The first kappa shape index (κ1) is 23.6. The number of amides is 1. The van der Waals surface area contributed by atoms with Crippen molar-refractivity contribution in [1.29, 1.82) is 0 Å². The molecule has 0 saturated carbocycles. The molecular weight excluding hydrogens is 494 g/mol. The topological polar surface area (TPSA) is 84.2 Å². The zero-order valence-electron chi connectivity index (χ0n) is 17.0. The number of fused-ring (bicyclic) bond motifs is 1. The molecule has 0 atom stereocenters. The zero-order valence-corrected chi connectivity index (χ0v) is 18.5. The minimum absolute atomic E-state index is 0.0198. The summed E-state index contributed by atoms with van der Waals surface area (Å²) in [5.74, 6) is -3.08. The molecule has 6 nitrogen and oxygen atoms in total. The van der Waals surface area contributed by atoms with Gasteiger partial charge in [-0.05, 0) is 48.0 Å². The van der Waals surface area contributed by atoms with Gasteiger partial charge in [0.25, 0.3) is 11.7 Å². The van der Waals surface area contributed by atoms with E-state index >= 15 is 0 Å². The van der Waals surface area contributed by atoms with Crippen LogP contribution in [-0.2, 0) is 17.5 Å². The molecule has 2 heterocycles. The number of pyridine rings is 1. The number of anilines is 1. The van der Waals surface area contributed by atoms with E-state index in [1.54, 1.807) is 0 Å². The van der Waals surface area contributed by atoms with Crippen LogP contribution in [0.25, 0.3) is 10.9 Å². The molecule has 0 spiro atoms. The lowest BCUT2D eigenvalue weighted by Gasteiger charge is -2.15. The fourth-order valence-electron chi connectivity index (χ4n) is 3.59. The van der Waals surface area contributed by atoms with Gasteiger partial charge in [-0.1, -0.05) is 29.3 Å². The molecule has 0 saturated heterocycles. The summed E-state index contributed by atoms with van der Waals surface area (Å²) in [7, 11) is 0. The van der Waals surface area contributed by atoms with Crippen molar-refractivity contribution in [3.63, 3.8) is 0 Å². The number of phenols is 1. The Bertz CT molecular complexity index is 1420. The minimum atomic E-state index is -5.02. The number of aromatic hydroxyl groups is 1. The van der Waals surface area contributed by atoms with Crippen LogP contribution >= 0.6 is 23.2 Å². The number of alkyl halides is 3. The molecule has 34 heavy (non-hydrogen) atoms. The molecule has 1 amide bonds. The maximum absolute atomic E-state index is 14.3. The van der Waals surface area contributed by atoms with E-state index in [0.717, 1.165) is 10.6 Å². The molecule has 0 aliphatic rings. The Hall–Kier alpha value is -3.56. The average Bonchev–Trinajstić information content (AvgIpc) is 3.09. The number of Topliss-reactive ketones (excluding diaryl/α,β-unsaturated/α-hetero) is 1. The molecule has 0 aliphatic heterocycles. The zero-order chi connectivity index (χ0) is 24.6. The standard InChI is InChI=1S/C23H14Cl2F3N3O3/c24-13-4-3-12(17(25)8-13)11-31-18-6-5-15(32)9-16(18)19(21(31)23(26,27)28)20(33)22(34)30-14-2-1-7-29-10-14/h1-10,32H,11H2,(H,30,34). The Morgan fingerprint density at radius 3 is 2.50 bits per heavy atom. The number of hydrogen-bond acceptors (Lipinski definition) is 4. The second-order valence-electron chi connectivity index (χ2n) is 7.27. The molecule has 4 rings (SSSR count). The first-order chi connectivity index (χ1) is 16.1. The van der Waals surface area contributed by atoms with Crippen LogP contribution in [0.2, 0.25) is 10.0 Å². The van der Waals surface area contributed by atoms with Crippen molar-refractivity contribution >= 4 is 51.5 Å². The van der Waals surface area contributed by atoms with Crippen molar-refractivity contribution in [3.05, 3.63) is 87.8 Å². The second kappa shape index (κ2) is 9.00. The molecular formula is C23H14Cl2F3N3O3.